The van der Waals surface area contributed by atoms with Gasteiger partial charge in [-0.2, -0.15) is 0 Å². The maximum absolute atomic E-state index is 9.47. The second-order valence-electron chi connectivity index (χ2n) is 4.23. The van der Waals surface area contributed by atoms with Crippen LogP contribution in [0, 0.1) is 0 Å². The lowest BCUT2D eigenvalue weighted by Gasteiger charge is -2.03. The van der Waals surface area contributed by atoms with E-state index in [0.717, 1.165) is 11.4 Å². The van der Waals surface area contributed by atoms with Crippen LogP contribution in [0.25, 0.3) is 5.65 Å². The van der Waals surface area contributed by atoms with Gasteiger partial charge in [0.05, 0.1) is 7.11 Å². The summed E-state index contributed by atoms with van der Waals surface area (Å²) in [7, 11) is 1.61. The highest BCUT2D eigenvalue weighted by Gasteiger charge is 2.10. The number of benzene rings is 1. The molecule has 0 bridgehead atoms. The van der Waals surface area contributed by atoms with Crippen molar-refractivity contribution in [1.29, 1.82) is 0 Å². The monoisotopic (exact) mass is 255 g/mol. The Labute approximate surface area is 110 Å². The van der Waals surface area contributed by atoms with E-state index in [1.54, 1.807) is 19.2 Å². The molecule has 0 amide bonds. The van der Waals surface area contributed by atoms with E-state index >= 15 is 0 Å². The molecule has 2 heterocycles. The van der Waals surface area contributed by atoms with Gasteiger partial charge >= 0.3 is 0 Å². The average Bonchev–Trinajstić information content (AvgIpc) is 2.82. The predicted molar refractivity (Wildman–Crippen MR) is 70.5 cm³/mol. The van der Waals surface area contributed by atoms with Crippen molar-refractivity contribution >= 4 is 5.65 Å². The van der Waals surface area contributed by atoms with Gasteiger partial charge in [0.25, 0.3) is 0 Å². The zero-order valence-electron chi connectivity index (χ0n) is 10.4. The molecule has 3 rings (SSSR count). The molecule has 0 aliphatic heterocycles. The molecule has 5 nitrogen and oxygen atoms in total. The summed E-state index contributed by atoms with van der Waals surface area (Å²) in [6, 6.07) is 10.9. The Kier molecular flexibility index (Phi) is 2.79. The normalized spacial score (nSPS) is 10.8. The summed E-state index contributed by atoms with van der Waals surface area (Å²) in [6.07, 6.45) is 2.50. The molecule has 0 radical (unpaired) electrons. The van der Waals surface area contributed by atoms with Crippen LogP contribution >= 0.6 is 0 Å². The van der Waals surface area contributed by atoms with Gasteiger partial charge in [0.2, 0.25) is 5.65 Å². The van der Waals surface area contributed by atoms with E-state index in [-0.39, 0.29) is 5.75 Å². The zero-order valence-corrected chi connectivity index (χ0v) is 10.4. The fourth-order valence-electron chi connectivity index (χ4n) is 2.07. The number of methoxy groups -OCH3 is 1. The number of fused-ring (bicyclic) bond motifs is 1. The molecule has 0 aliphatic rings. The quantitative estimate of drug-likeness (QED) is 0.778. The third kappa shape index (κ3) is 2.10. The van der Waals surface area contributed by atoms with E-state index in [1.807, 2.05) is 34.9 Å². The molecule has 0 unspecified atom stereocenters. The van der Waals surface area contributed by atoms with Crippen molar-refractivity contribution in [3.63, 3.8) is 0 Å². The molecule has 0 aliphatic carbocycles. The lowest BCUT2D eigenvalue weighted by atomic mass is 10.1. The second-order valence-corrected chi connectivity index (χ2v) is 4.23. The predicted octanol–water partition coefficient (Wildman–Crippen LogP) is 2.03. The van der Waals surface area contributed by atoms with Crippen molar-refractivity contribution < 1.29 is 9.84 Å². The Hall–Kier alpha value is -2.56. The maximum Gasteiger partial charge on any atom is 0.203 e. The van der Waals surface area contributed by atoms with Gasteiger partial charge in [-0.1, -0.05) is 12.1 Å². The van der Waals surface area contributed by atoms with Crippen LogP contribution in [0.4, 0.5) is 0 Å². The van der Waals surface area contributed by atoms with Crippen molar-refractivity contribution in [3.05, 3.63) is 54.0 Å². The number of phenolic OH excluding ortho intramolecular Hbond substituents is 1. The molecule has 0 atom stereocenters. The number of aromatic nitrogens is 3. The highest BCUT2D eigenvalue weighted by Crippen LogP contribution is 2.19. The number of nitrogens with zero attached hydrogens (tertiary/aromatic N) is 3. The standard InChI is InChI=1S/C14H13N3O2/c1-19-12-6-3-7-17-13(15-16-14(12)17)9-10-4-2-5-11(18)8-10/h2-8,18H,9H2,1H3. The van der Waals surface area contributed by atoms with E-state index < -0.39 is 0 Å². The van der Waals surface area contributed by atoms with Crippen LogP contribution in [0.3, 0.4) is 0 Å². The third-order valence-corrected chi connectivity index (χ3v) is 2.96. The maximum atomic E-state index is 9.47. The van der Waals surface area contributed by atoms with Crippen LogP contribution < -0.4 is 4.74 Å². The minimum atomic E-state index is 0.254. The van der Waals surface area contributed by atoms with Gasteiger partial charge in [-0.3, -0.25) is 4.40 Å². The third-order valence-electron chi connectivity index (χ3n) is 2.96. The summed E-state index contributed by atoms with van der Waals surface area (Å²) in [5.41, 5.74) is 1.68. The highest BCUT2D eigenvalue weighted by atomic mass is 16.5. The van der Waals surface area contributed by atoms with Gasteiger partial charge < -0.3 is 9.84 Å². The minimum absolute atomic E-state index is 0.254. The molecule has 0 spiro atoms. The van der Waals surface area contributed by atoms with Crippen molar-refractivity contribution in [3.8, 4) is 11.5 Å². The molecule has 2 aromatic heterocycles. The van der Waals surface area contributed by atoms with Gasteiger partial charge in [0, 0.05) is 12.6 Å². The minimum Gasteiger partial charge on any atom is -0.508 e. The molecule has 3 aromatic rings. The largest absolute Gasteiger partial charge is 0.508 e. The lowest BCUT2D eigenvalue weighted by molar-refractivity contribution is 0.416. The SMILES string of the molecule is COc1cccn2c(Cc3cccc(O)c3)nnc12. The summed E-state index contributed by atoms with van der Waals surface area (Å²) >= 11 is 0. The Morgan fingerprint density at radius 2 is 2.11 bits per heavy atom. The van der Waals surface area contributed by atoms with Crippen molar-refractivity contribution in [1.82, 2.24) is 14.6 Å². The number of ether oxygens (including phenoxy) is 1. The van der Waals surface area contributed by atoms with Gasteiger partial charge in [-0.15, -0.1) is 10.2 Å². The Morgan fingerprint density at radius 3 is 2.89 bits per heavy atom. The number of aromatic hydroxyl groups is 1. The van der Waals surface area contributed by atoms with E-state index in [4.69, 9.17) is 4.74 Å². The number of phenols is 1. The Balaban J connectivity index is 2.02. The van der Waals surface area contributed by atoms with Crippen LogP contribution in [-0.4, -0.2) is 26.8 Å². The van der Waals surface area contributed by atoms with E-state index in [0.29, 0.717) is 17.8 Å². The number of hydrogen-bond acceptors (Lipinski definition) is 4. The van der Waals surface area contributed by atoms with E-state index in [9.17, 15) is 5.11 Å². The summed E-state index contributed by atoms with van der Waals surface area (Å²) in [6.45, 7) is 0. The number of pyridine rings is 1. The molecule has 1 N–H and O–H groups in total. The molecular weight excluding hydrogens is 242 g/mol. The highest BCUT2D eigenvalue weighted by molar-refractivity contribution is 5.53. The van der Waals surface area contributed by atoms with Gasteiger partial charge in [-0.25, -0.2) is 0 Å². The molecule has 0 fully saturated rings. The summed E-state index contributed by atoms with van der Waals surface area (Å²) in [5, 5.41) is 17.8. The molecule has 5 heteroatoms. The topological polar surface area (TPSA) is 59.7 Å². The fourth-order valence-corrected chi connectivity index (χ4v) is 2.07. The molecule has 96 valence electrons. The molecular formula is C14H13N3O2. The molecule has 0 saturated carbocycles. The summed E-state index contributed by atoms with van der Waals surface area (Å²) in [5.74, 6) is 1.75. The number of rotatable bonds is 3. The van der Waals surface area contributed by atoms with Crippen LogP contribution in [0.1, 0.15) is 11.4 Å². The average molecular weight is 255 g/mol. The first kappa shape index (κ1) is 11.5. The van der Waals surface area contributed by atoms with Crippen molar-refractivity contribution in [2.24, 2.45) is 0 Å². The Bertz CT molecular complexity index is 722. The molecule has 0 saturated heterocycles. The molecule has 1 aromatic carbocycles. The van der Waals surface area contributed by atoms with Gasteiger partial charge in [0.15, 0.2) is 5.75 Å². The smallest absolute Gasteiger partial charge is 0.203 e. The van der Waals surface area contributed by atoms with Crippen molar-refractivity contribution in [2.75, 3.05) is 7.11 Å². The van der Waals surface area contributed by atoms with Gasteiger partial charge in [-0.05, 0) is 29.8 Å². The second kappa shape index (κ2) is 4.61. The first-order valence-corrected chi connectivity index (χ1v) is 5.92. The lowest BCUT2D eigenvalue weighted by Crippen LogP contribution is -1.97. The zero-order chi connectivity index (χ0) is 13.2. The van der Waals surface area contributed by atoms with Gasteiger partial charge in [0.1, 0.15) is 11.6 Å². The first-order valence-electron chi connectivity index (χ1n) is 5.92. The Morgan fingerprint density at radius 1 is 1.21 bits per heavy atom. The summed E-state index contributed by atoms with van der Waals surface area (Å²) in [4.78, 5) is 0. The molecule has 19 heavy (non-hydrogen) atoms. The fraction of sp³-hybridized carbons (Fsp3) is 0.143. The van der Waals surface area contributed by atoms with Crippen LogP contribution in [0.15, 0.2) is 42.6 Å². The first-order chi connectivity index (χ1) is 9.28. The van der Waals surface area contributed by atoms with E-state index in [1.165, 1.54) is 0 Å². The van der Waals surface area contributed by atoms with Crippen LogP contribution in [-0.2, 0) is 6.42 Å². The summed E-state index contributed by atoms with van der Waals surface area (Å²) < 4.78 is 7.14. The van der Waals surface area contributed by atoms with Crippen LogP contribution in [0.2, 0.25) is 0 Å². The van der Waals surface area contributed by atoms with Crippen molar-refractivity contribution in [2.45, 2.75) is 6.42 Å². The van der Waals surface area contributed by atoms with E-state index in [2.05, 4.69) is 10.2 Å². The van der Waals surface area contributed by atoms with Crippen LogP contribution in [0.5, 0.6) is 11.5 Å². The number of hydrogen-bond donors (Lipinski definition) is 1.